The number of hydrogen-bond acceptors (Lipinski definition) is 5. The number of carbonyl (C=O) groups is 1. The summed E-state index contributed by atoms with van der Waals surface area (Å²) in [5.41, 5.74) is 0.612. The van der Waals surface area contributed by atoms with E-state index in [2.05, 4.69) is 37.3 Å². The van der Waals surface area contributed by atoms with Crippen LogP contribution in [0.1, 0.15) is 33.3 Å². The van der Waals surface area contributed by atoms with Crippen molar-refractivity contribution in [2.45, 2.75) is 32.6 Å². The van der Waals surface area contributed by atoms with E-state index in [1.807, 2.05) is 4.90 Å². The number of benzene rings is 1. The number of rotatable bonds is 12. The van der Waals surface area contributed by atoms with Crippen LogP contribution in [0.25, 0.3) is 6.08 Å². The highest BCUT2D eigenvalue weighted by Gasteiger charge is 2.18. The molecule has 29 heavy (non-hydrogen) atoms. The van der Waals surface area contributed by atoms with E-state index >= 15 is 0 Å². The van der Waals surface area contributed by atoms with E-state index in [-0.39, 0.29) is 16.6 Å². The third-order valence-electron chi connectivity index (χ3n) is 4.64. The Morgan fingerprint density at radius 1 is 1.21 bits per heavy atom. The molecule has 7 nitrogen and oxygen atoms in total. The van der Waals surface area contributed by atoms with Crippen LogP contribution in [0.4, 0.5) is 0 Å². The summed E-state index contributed by atoms with van der Waals surface area (Å²) >= 11 is 0. The van der Waals surface area contributed by atoms with E-state index in [9.17, 15) is 13.2 Å². The van der Waals surface area contributed by atoms with Crippen molar-refractivity contribution in [1.29, 1.82) is 0 Å². The van der Waals surface area contributed by atoms with Crippen molar-refractivity contribution in [3.63, 3.8) is 0 Å². The molecule has 0 aliphatic carbocycles. The molecule has 1 N–H and O–H groups in total. The predicted octanol–water partition coefficient (Wildman–Crippen LogP) is 2.44. The van der Waals surface area contributed by atoms with Crippen molar-refractivity contribution in [2.24, 2.45) is 5.92 Å². The summed E-state index contributed by atoms with van der Waals surface area (Å²) in [6, 6.07) is 4.80. The highest BCUT2D eigenvalue weighted by atomic mass is 32.2. The fourth-order valence-electron chi connectivity index (χ4n) is 2.92. The van der Waals surface area contributed by atoms with Crippen LogP contribution in [0.5, 0.6) is 5.75 Å². The summed E-state index contributed by atoms with van der Waals surface area (Å²) in [4.78, 5) is 16.9. The second-order valence-electron chi connectivity index (χ2n) is 7.16. The molecule has 0 fully saturated rings. The molecule has 8 heteroatoms. The first-order valence-corrected chi connectivity index (χ1v) is 11.5. The average molecular weight is 426 g/mol. The molecule has 0 aliphatic heterocycles. The molecule has 1 aromatic rings. The summed E-state index contributed by atoms with van der Waals surface area (Å²) in [5.74, 6) is 0.528. The fourth-order valence-corrected chi connectivity index (χ4v) is 3.85. The van der Waals surface area contributed by atoms with E-state index < -0.39 is 10.0 Å². The van der Waals surface area contributed by atoms with Gasteiger partial charge in [-0.15, -0.1) is 0 Å². The Morgan fingerprint density at radius 3 is 2.38 bits per heavy atom. The van der Waals surface area contributed by atoms with Gasteiger partial charge in [-0.25, -0.2) is 13.1 Å². The predicted molar refractivity (Wildman–Crippen MR) is 117 cm³/mol. The number of carbonyl (C=O) groups excluding carboxylic acids is 1. The van der Waals surface area contributed by atoms with Gasteiger partial charge in [-0.05, 0) is 49.8 Å². The van der Waals surface area contributed by atoms with E-state index in [1.165, 1.54) is 26.3 Å². The van der Waals surface area contributed by atoms with Crippen molar-refractivity contribution < 1.29 is 17.9 Å². The van der Waals surface area contributed by atoms with Crippen LogP contribution in [0.2, 0.25) is 0 Å². The van der Waals surface area contributed by atoms with Gasteiger partial charge in [0.15, 0.2) is 0 Å². The van der Waals surface area contributed by atoms with Gasteiger partial charge in [0.1, 0.15) is 10.6 Å². The minimum absolute atomic E-state index is 0.0395. The molecule has 1 aromatic carbocycles. The van der Waals surface area contributed by atoms with Crippen LogP contribution >= 0.6 is 0 Å². The molecule has 0 aromatic heterocycles. The van der Waals surface area contributed by atoms with Gasteiger partial charge < -0.3 is 14.5 Å². The van der Waals surface area contributed by atoms with Gasteiger partial charge in [0.05, 0.1) is 7.11 Å². The molecule has 0 radical (unpaired) electrons. The number of nitrogens with one attached hydrogen (secondary N) is 1. The maximum absolute atomic E-state index is 12.8. The molecular weight excluding hydrogens is 390 g/mol. The Labute approximate surface area is 175 Å². The van der Waals surface area contributed by atoms with Gasteiger partial charge in [-0.1, -0.05) is 33.8 Å². The number of sulfonamides is 1. The molecule has 0 saturated heterocycles. The third kappa shape index (κ3) is 7.79. The second kappa shape index (κ2) is 11.9. The van der Waals surface area contributed by atoms with E-state index in [1.54, 1.807) is 18.2 Å². The Hall–Kier alpha value is -1.90. The molecule has 0 unspecified atom stereocenters. The monoisotopic (exact) mass is 425 g/mol. The molecule has 1 amide bonds. The molecule has 0 atom stereocenters. The summed E-state index contributed by atoms with van der Waals surface area (Å²) in [6.07, 6.45) is 3.14. The zero-order valence-electron chi connectivity index (χ0n) is 18.4. The Kier molecular flexibility index (Phi) is 10.4. The molecule has 0 spiro atoms. The summed E-state index contributed by atoms with van der Waals surface area (Å²) < 4.78 is 31.9. The van der Waals surface area contributed by atoms with Crippen LogP contribution in [0.3, 0.4) is 0 Å². The van der Waals surface area contributed by atoms with Crippen molar-refractivity contribution >= 4 is 22.0 Å². The number of methoxy groups -OCH3 is 1. The van der Waals surface area contributed by atoms with Crippen LogP contribution in [0.15, 0.2) is 29.2 Å². The zero-order valence-corrected chi connectivity index (χ0v) is 19.3. The lowest BCUT2D eigenvalue weighted by Gasteiger charge is -2.27. The van der Waals surface area contributed by atoms with Crippen LogP contribution in [-0.4, -0.2) is 71.0 Å². The maximum Gasteiger partial charge on any atom is 0.246 e. The SMILES string of the molecule is CCN(CC)CCN(CC(C)C)C(=O)/C=C/c1ccc(OC)c(S(=O)(=O)NC)c1. The quantitative estimate of drug-likeness (QED) is 0.521. The van der Waals surface area contributed by atoms with Gasteiger partial charge in [-0.2, -0.15) is 0 Å². The Bertz CT molecular complexity index is 787. The standard InChI is InChI=1S/C21H35N3O4S/c1-7-23(8-2)13-14-24(16-17(3)4)21(25)12-10-18-9-11-19(28-6)20(15-18)29(26,27)22-5/h9-12,15,17,22H,7-8,13-14,16H2,1-6H3/b12-10+. The molecule has 164 valence electrons. The first-order valence-electron chi connectivity index (χ1n) is 9.99. The second-order valence-corrected chi connectivity index (χ2v) is 9.01. The molecule has 0 bridgehead atoms. The fraction of sp³-hybridized carbons (Fsp3) is 0.571. The van der Waals surface area contributed by atoms with Gasteiger partial charge in [0, 0.05) is 25.7 Å². The first-order chi connectivity index (χ1) is 13.7. The Morgan fingerprint density at radius 2 is 1.86 bits per heavy atom. The average Bonchev–Trinajstić information content (AvgIpc) is 2.71. The van der Waals surface area contributed by atoms with E-state index in [0.717, 1.165) is 19.6 Å². The highest BCUT2D eigenvalue weighted by molar-refractivity contribution is 7.89. The Balaban J connectivity index is 3.03. The van der Waals surface area contributed by atoms with Crippen LogP contribution < -0.4 is 9.46 Å². The smallest absolute Gasteiger partial charge is 0.246 e. The minimum Gasteiger partial charge on any atom is -0.495 e. The maximum atomic E-state index is 12.8. The van der Waals surface area contributed by atoms with Gasteiger partial charge in [-0.3, -0.25) is 4.79 Å². The number of likely N-dealkylation sites (N-methyl/N-ethyl adjacent to an activating group) is 1. The topological polar surface area (TPSA) is 79.0 Å². The van der Waals surface area contributed by atoms with Crippen LogP contribution in [0, 0.1) is 5.92 Å². The lowest BCUT2D eigenvalue weighted by atomic mass is 10.1. The van der Waals surface area contributed by atoms with Crippen molar-refractivity contribution in [3.05, 3.63) is 29.8 Å². The van der Waals surface area contributed by atoms with E-state index in [0.29, 0.717) is 24.6 Å². The van der Waals surface area contributed by atoms with Crippen molar-refractivity contribution in [1.82, 2.24) is 14.5 Å². The van der Waals surface area contributed by atoms with Gasteiger partial charge >= 0.3 is 0 Å². The first kappa shape index (κ1) is 25.1. The van der Waals surface area contributed by atoms with Gasteiger partial charge in [0.25, 0.3) is 0 Å². The summed E-state index contributed by atoms with van der Waals surface area (Å²) in [5, 5.41) is 0. The zero-order chi connectivity index (χ0) is 22.0. The van der Waals surface area contributed by atoms with Crippen molar-refractivity contribution in [3.8, 4) is 5.75 Å². The highest BCUT2D eigenvalue weighted by Crippen LogP contribution is 2.25. The lowest BCUT2D eigenvalue weighted by molar-refractivity contribution is -0.126. The molecule has 0 heterocycles. The molecule has 1 rings (SSSR count). The van der Waals surface area contributed by atoms with Crippen LogP contribution in [-0.2, 0) is 14.8 Å². The summed E-state index contributed by atoms with van der Waals surface area (Å²) in [7, 11) is -0.901. The number of hydrogen-bond donors (Lipinski definition) is 1. The van der Waals surface area contributed by atoms with Crippen molar-refractivity contribution in [2.75, 3.05) is 46.9 Å². The minimum atomic E-state index is -3.67. The third-order valence-corrected chi connectivity index (χ3v) is 6.08. The number of ether oxygens (including phenoxy) is 1. The van der Waals surface area contributed by atoms with Gasteiger partial charge in [0.2, 0.25) is 15.9 Å². The molecular formula is C21H35N3O4S. The largest absolute Gasteiger partial charge is 0.495 e. The lowest BCUT2D eigenvalue weighted by Crippen LogP contribution is -2.39. The normalized spacial score (nSPS) is 12.1. The summed E-state index contributed by atoms with van der Waals surface area (Å²) in [6.45, 7) is 12.4. The number of amides is 1. The number of nitrogens with zero attached hydrogens (tertiary/aromatic N) is 2. The molecule has 0 saturated carbocycles. The molecule has 0 aliphatic rings. The van der Waals surface area contributed by atoms with E-state index in [4.69, 9.17) is 4.74 Å².